The topological polar surface area (TPSA) is 112 Å². The second-order valence-corrected chi connectivity index (χ2v) is 13.4. The van der Waals surface area contributed by atoms with Crippen molar-refractivity contribution in [3.05, 3.63) is 18.6 Å². The summed E-state index contributed by atoms with van der Waals surface area (Å²) in [4.78, 5) is 20.2. The quantitative estimate of drug-likeness (QED) is 0.593. The number of aliphatic hydroxyl groups excluding tert-OH is 1. The van der Waals surface area contributed by atoms with Crippen LogP contribution in [0.1, 0.15) is 33.4 Å². The van der Waals surface area contributed by atoms with Crippen LogP contribution in [0.5, 0.6) is 0 Å². The zero-order chi connectivity index (χ0) is 20.0. The summed E-state index contributed by atoms with van der Waals surface area (Å²) in [6.07, 6.45) is 3.26. The second kappa shape index (κ2) is 6.66. The SMILES string of the molecule is CC(C)(C)[Si](C)(C)OC1CC(n2ccc3c(N)ncnc32)OC1(C=O)CO. The number of aliphatic hydroxyl groups is 1. The number of fused-ring (bicyclic) bond motifs is 1. The highest BCUT2D eigenvalue weighted by Crippen LogP contribution is 2.44. The molecule has 0 radical (unpaired) electrons. The number of aldehydes is 1. The van der Waals surface area contributed by atoms with Crippen molar-refractivity contribution in [2.75, 3.05) is 12.3 Å². The van der Waals surface area contributed by atoms with E-state index in [9.17, 15) is 9.90 Å². The summed E-state index contributed by atoms with van der Waals surface area (Å²) in [6.45, 7) is 10.2. The van der Waals surface area contributed by atoms with Gasteiger partial charge in [-0.3, -0.25) is 4.79 Å². The number of rotatable bonds is 5. The van der Waals surface area contributed by atoms with Gasteiger partial charge in [-0.05, 0) is 24.2 Å². The molecule has 1 fully saturated rings. The van der Waals surface area contributed by atoms with Crippen LogP contribution in [0.3, 0.4) is 0 Å². The van der Waals surface area contributed by atoms with Crippen LogP contribution in [0, 0.1) is 0 Å². The molecule has 0 saturated carbocycles. The molecule has 148 valence electrons. The Bertz CT molecular complexity index is 847. The van der Waals surface area contributed by atoms with Gasteiger partial charge in [-0.15, -0.1) is 0 Å². The molecule has 3 rings (SSSR count). The van der Waals surface area contributed by atoms with Gasteiger partial charge < -0.3 is 24.6 Å². The van der Waals surface area contributed by atoms with E-state index >= 15 is 0 Å². The highest BCUT2D eigenvalue weighted by Gasteiger charge is 2.53. The summed E-state index contributed by atoms with van der Waals surface area (Å²) in [5.74, 6) is 0.384. The van der Waals surface area contributed by atoms with Crippen LogP contribution in [-0.2, 0) is 14.0 Å². The number of carbonyl (C=O) groups excluding carboxylic acids is 1. The Balaban J connectivity index is 1.96. The zero-order valence-corrected chi connectivity index (χ0v) is 17.5. The molecule has 3 atom stereocenters. The van der Waals surface area contributed by atoms with Crippen LogP contribution in [0.2, 0.25) is 18.1 Å². The normalized spacial score (nSPS) is 26.6. The van der Waals surface area contributed by atoms with E-state index in [4.69, 9.17) is 14.9 Å². The fraction of sp³-hybridized carbons (Fsp3) is 0.611. The smallest absolute Gasteiger partial charge is 0.192 e. The van der Waals surface area contributed by atoms with Gasteiger partial charge >= 0.3 is 0 Å². The van der Waals surface area contributed by atoms with E-state index in [1.54, 1.807) is 0 Å². The molecule has 3 N–H and O–H groups in total. The zero-order valence-electron chi connectivity index (χ0n) is 16.5. The third kappa shape index (κ3) is 3.29. The Hall–Kier alpha value is -1.81. The van der Waals surface area contributed by atoms with Crippen LogP contribution in [-0.4, -0.2) is 52.6 Å². The predicted molar refractivity (Wildman–Crippen MR) is 105 cm³/mol. The molecule has 1 aliphatic heterocycles. The molecule has 2 aromatic heterocycles. The lowest BCUT2D eigenvalue weighted by Gasteiger charge is -2.40. The average molecular weight is 393 g/mol. The first-order chi connectivity index (χ1) is 12.5. The largest absolute Gasteiger partial charge is 0.410 e. The summed E-state index contributed by atoms with van der Waals surface area (Å²) < 4.78 is 14.3. The van der Waals surface area contributed by atoms with E-state index in [1.165, 1.54) is 6.33 Å². The monoisotopic (exact) mass is 392 g/mol. The molecule has 1 aliphatic rings. The van der Waals surface area contributed by atoms with Crippen LogP contribution in [0.15, 0.2) is 18.6 Å². The molecule has 9 heteroatoms. The van der Waals surface area contributed by atoms with Gasteiger partial charge in [0, 0.05) is 12.6 Å². The summed E-state index contributed by atoms with van der Waals surface area (Å²) in [7, 11) is -2.17. The third-order valence-electron chi connectivity index (χ3n) is 5.86. The molecular weight excluding hydrogens is 364 g/mol. The number of anilines is 1. The van der Waals surface area contributed by atoms with Crippen LogP contribution in [0.25, 0.3) is 11.0 Å². The van der Waals surface area contributed by atoms with Gasteiger partial charge in [-0.1, -0.05) is 20.8 Å². The molecule has 3 heterocycles. The number of hydrogen-bond acceptors (Lipinski definition) is 7. The van der Waals surface area contributed by atoms with E-state index in [0.717, 1.165) is 5.39 Å². The lowest BCUT2D eigenvalue weighted by Crippen LogP contribution is -2.53. The minimum Gasteiger partial charge on any atom is -0.410 e. The van der Waals surface area contributed by atoms with Gasteiger partial charge in [0.15, 0.2) is 20.2 Å². The predicted octanol–water partition coefficient (Wildman–Crippen LogP) is 2.25. The minimum absolute atomic E-state index is 0.0308. The first-order valence-electron chi connectivity index (χ1n) is 9.04. The highest BCUT2D eigenvalue weighted by atomic mass is 28.4. The maximum absolute atomic E-state index is 11.9. The number of hydrogen-bond donors (Lipinski definition) is 2. The molecule has 0 amide bonds. The summed E-state index contributed by atoms with van der Waals surface area (Å²) in [5, 5.41) is 10.7. The van der Waals surface area contributed by atoms with E-state index in [-0.39, 0.29) is 5.04 Å². The molecule has 8 nitrogen and oxygen atoms in total. The number of ether oxygens (including phenoxy) is 1. The molecule has 2 aromatic rings. The average Bonchev–Trinajstić information content (AvgIpc) is 3.16. The van der Waals surface area contributed by atoms with Gasteiger partial charge in [0.1, 0.15) is 24.0 Å². The highest BCUT2D eigenvalue weighted by molar-refractivity contribution is 6.74. The van der Waals surface area contributed by atoms with Gasteiger partial charge in [0.25, 0.3) is 0 Å². The van der Waals surface area contributed by atoms with Crippen LogP contribution >= 0.6 is 0 Å². The third-order valence-corrected chi connectivity index (χ3v) is 10.3. The van der Waals surface area contributed by atoms with Crippen molar-refractivity contribution in [3.63, 3.8) is 0 Å². The molecule has 1 saturated heterocycles. The Morgan fingerprint density at radius 3 is 2.78 bits per heavy atom. The number of aromatic nitrogens is 3. The second-order valence-electron chi connectivity index (χ2n) is 8.63. The molecule has 0 aliphatic carbocycles. The minimum atomic E-state index is -2.17. The van der Waals surface area contributed by atoms with E-state index in [0.29, 0.717) is 24.2 Å². The lowest BCUT2D eigenvalue weighted by molar-refractivity contribution is -0.150. The van der Waals surface area contributed by atoms with Crippen molar-refractivity contribution < 1.29 is 19.1 Å². The molecule has 0 aromatic carbocycles. The van der Waals surface area contributed by atoms with Crippen LogP contribution < -0.4 is 5.73 Å². The molecule has 3 unspecified atom stereocenters. The Morgan fingerprint density at radius 2 is 2.19 bits per heavy atom. The van der Waals surface area contributed by atoms with Crippen molar-refractivity contribution in [3.8, 4) is 0 Å². The summed E-state index contributed by atoms with van der Waals surface area (Å²) >= 11 is 0. The molecule has 0 spiro atoms. The number of carbonyl (C=O) groups is 1. The van der Waals surface area contributed by atoms with Gasteiger partial charge in [-0.25, -0.2) is 9.97 Å². The van der Waals surface area contributed by atoms with E-state index in [1.807, 2.05) is 16.8 Å². The maximum atomic E-state index is 11.9. The van der Waals surface area contributed by atoms with Crippen molar-refractivity contribution in [2.45, 2.75) is 63.3 Å². The lowest BCUT2D eigenvalue weighted by atomic mass is 10.00. The van der Waals surface area contributed by atoms with Crippen molar-refractivity contribution in [1.29, 1.82) is 0 Å². The number of nitrogens with zero attached hydrogens (tertiary/aromatic N) is 3. The van der Waals surface area contributed by atoms with E-state index < -0.39 is 32.9 Å². The standard InChI is InChI=1S/C18H28N4O4Si/c1-17(2,3)27(4,5)26-13-8-14(25-18(13,9-23)10-24)22-7-6-12-15(19)20-11-21-16(12)22/h6-7,9,11,13-14,24H,8,10H2,1-5H3,(H2,19,20,21). The number of nitrogen functional groups attached to an aromatic ring is 1. The van der Waals surface area contributed by atoms with Gasteiger partial charge in [0.05, 0.1) is 18.1 Å². The fourth-order valence-corrected chi connectivity index (χ4v) is 4.47. The van der Waals surface area contributed by atoms with Crippen molar-refractivity contribution >= 4 is 31.5 Å². The van der Waals surface area contributed by atoms with Gasteiger partial charge in [-0.2, -0.15) is 0 Å². The summed E-state index contributed by atoms with van der Waals surface area (Å²) in [6, 6.07) is 1.82. The molecular formula is C18H28N4O4Si. The van der Waals surface area contributed by atoms with Gasteiger partial charge in [0.2, 0.25) is 0 Å². The van der Waals surface area contributed by atoms with Crippen molar-refractivity contribution in [2.24, 2.45) is 0 Å². The fourth-order valence-electron chi connectivity index (χ4n) is 3.11. The van der Waals surface area contributed by atoms with Crippen LogP contribution in [0.4, 0.5) is 5.82 Å². The number of nitrogens with two attached hydrogens (primary N) is 1. The Morgan fingerprint density at radius 1 is 1.48 bits per heavy atom. The first kappa shape index (κ1) is 19.9. The van der Waals surface area contributed by atoms with E-state index in [2.05, 4.69) is 43.8 Å². The summed E-state index contributed by atoms with van der Waals surface area (Å²) in [5.41, 5.74) is 5.14. The maximum Gasteiger partial charge on any atom is 0.192 e. The Labute approximate surface area is 159 Å². The molecule has 27 heavy (non-hydrogen) atoms. The Kier molecular flexibility index (Phi) is 4.92. The first-order valence-corrected chi connectivity index (χ1v) is 12.0. The molecule has 0 bridgehead atoms. The van der Waals surface area contributed by atoms with Crippen molar-refractivity contribution in [1.82, 2.24) is 14.5 Å².